The minimum absolute atomic E-state index is 0.154. The molecule has 112 valence electrons. The summed E-state index contributed by atoms with van der Waals surface area (Å²) in [5.41, 5.74) is 8.13. The number of hydrogen-bond donors (Lipinski definition) is 3. The molecule has 1 amide bonds. The first-order valence-corrected chi connectivity index (χ1v) is 7.84. The van der Waals surface area contributed by atoms with Crippen LogP contribution in [0.15, 0.2) is 35.7 Å². The number of amides is 1. The highest BCUT2D eigenvalue weighted by Crippen LogP contribution is 2.17. The van der Waals surface area contributed by atoms with Crippen LogP contribution in [-0.2, 0) is 24.2 Å². The summed E-state index contributed by atoms with van der Waals surface area (Å²) in [4.78, 5) is 13.2. The number of aromatic hydroxyl groups is 1. The molecule has 0 aliphatic rings. The third kappa shape index (κ3) is 4.31. The smallest absolute Gasteiger partial charge is 0.237 e. The second-order valence-electron chi connectivity index (χ2n) is 4.92. The summed E-state index contributed by atoms with van der Waals surface area (Å²) in [7, 11) is 0. The van der Waals surface area contributed by atoms with Gasteiger partial charge in [-0.05, 0) is 47.5 Å². The number of phenols is 1. The highest BCUT2D eigenvalue weighted by atomic mass is 32.1. The molecule has 4 N–H and O–H groups in total. The molecular weight excluding hydrogens is 284 g/mol. The van der Waals surface area contributed by atoms with Crippen LogP contribution in [-0.4, -0.2) is 17.1 Å². The number of carbonyl (C=O) groups excluding carboxylic acids is 1. The molecule has 0 saturated carbocycles. The first-order valence-electron chi connectivity index (χ1n) is 6.96. The Labute approximate surface area is 128 Å². The van der Waals surface area contributed by atoms with Gasteiger partial charge >= 0.3 is 0 Å². The molecule has 0 spiro atoms. The van der Waals surface area contributed by atoms with Gasteiger partial charge in [0.05, 0.1) is 12.6 Å². The van der Waals surface area contributed by atoms with Crippen molar-refractivity contribution in [3.63, 3.8) is 0 Å². The van der Waals surface area contributed by atoms with Crippen molar-refractivity contribution in [3.05, 3.63) is 51.7 Å². The van der Waals surface area contributed by atoms with Crippen LogP contribution in [0.2, 0.25) is 0 Å². The molecule has 1 aromatic carbocycles. The second-order valence-corrected chi connectivity index (χ2v) is 5.92. The summed E-state index contributed by atoms with van der Waals surface area (Å²) in [6.07, 6.45) is 1.42. The molecule has 1 unspecified atom stereocenters. The fraction of sp³-hybridized carbons (Fsp3) is 0.312. The van der Waals surface area contributed by atoms with Gasteiger partial charge in [0.25, 0.3) is 0 Å². The topological polar surface area (TPSA) is 75.4 Å². The monoisotopic (exact) mass is 304 g/mol. The summed E-state index contributed by atoms with van der Waals surface area (Å²) in [5.74, 6) is 0.0556. The average Bonchev–Trinajstić information content (AvgIpc) is 2.94. The third-order valence-corrected chi connectivity index (χ3v) is 4.33. The van der Waals surface area contributed by atoms with Gasteiger partial charge in [0.15, 0.2) is 0 Å². The highest BCUT2D eigenvalue weighted by molar-refractivity contribution is 7.10. The fourth-order valence-corrected chi connectivity index (χ4v) is 3.03. The van der Waals surface area contributed by atoms with E-state index in [9.17, 15) is 9.90 Å². The number of nitrogens with one attached hydrogen (secondary N) is 1. The molecule has 0 aliphatic heterocycles. The Hall–Kier alpha value is -1.85. The fourth-order valence-electron chi connectivity index (χ4n) is 2.11. The van der Waals surface area contributed by atoms with E-state index in [2.05, 4.69) is 18.3 Å². The number of rotatable bonds is 6. The quantitative estimate of drug-likeness (QED) is 0.766. The van der Waals surface area contributed by atoms with E-state index in [0.717, 1.165) is 12.0 Å². The SMILES string of the molecule is CCc1ccsc1CNC(=O)C(N)Cc1ccc(O)cc1. The Bertz CT molecular complexity index is 593. The van der Waals surface area contributed by atoms with Crippen molar-refractivity contribution in [2.75, 3.05) is 0 Å². The number of phenolic OH excluding ortho intramolecular Hbond substituents is 1. The van der Waals surface area contributed by atoms with Crippen LogP contribution in [0.1, 0.15) is 22.9 Å². The van der Waals surface area contributed by atoms with Crippen molar-refractivity contribution in [2.24, 2.45) is 5.73 Å². The van der Waals surface area contributed by atoms with E-state index in [-0.39, 0.29) is 11.7 Å². The predicted octanol–water partition coefficient (Wildman–Crippen LogP) is 2.20. The summed E-state index contributed by atoms with van der Waals surface area (Å²) in [5, 5.41) is 14.2. The molecule has 0 aliphatic carbocycles. The molecule has 1 aromatic heterocycles. The molecule has 0 bridgehead atoms. The summed E-state index contributed by atoms with van der Waals surface area (Å²) < 4.78 is 0. The first kappa shape index (κ1) is 15.5. The molecule has 4 nitrogen and oxygen atoms in total. The van der Waals surface area contributed by atoms with E-state index in [4.69, 9.17) is 5.73 Å². The zero-order valence-electron chi connectivity index (χ0n) is 12.0. The molecule has 0 saturated heterocycles. The Kier molecular flexibility index (Phi) is 5.36. The Morgan fingerprint density at radius 1 is 1.33 bits per heavy atom. The molecule has 2 rings (SSSR count). The lowest BCUT2D eigenvalue weighted by atomic mass is 10.1. The van der Waals surface area contributed by atoms with Crippen molar-refractivity contribution >= 4 is 17.2 Å². The summed E-state index contributed by atoms with van der Waals surface area (Å²) in [6, 6.07) is 8.24. The zero-order valence-corrected chi connectivity index (χ0v) is 12.8. The molecule has 2 aromatic rings. The Balaban J connectivity index is 1.86. The number of aryl methyl sites for hydroxylation is 1. The maximum Gasteiger partial charge on any atom is 0.237 e. The van der Waals surface area contributed by atoms with E-state index in [0.29, 0.717) is 13.0 Å². The van der Waals surface area contributed by atoms with Gasteiger partial charge in [-0.15, -0.1) is 11.3 Å². The van der Waals surface area contributed by atoms with Gasteiger partial charge in [0, 0.05) is 4.88 Å². The molecular formula is C16H20N2O2S. The largest absolute Gasteiger partial charge is 0.508 e. The Morgan fingerprint density at radius 3 is 2.71 bits per heavy atom. The van der Waals surface area contributed by atoms with Crippen LogP contribution in [0.3, 0.4) is 0 Å². The second kappa shape index (κ2) is 7.24. The lowest BCUT2D eigenvalue weighted by Gasteiger charge is -2.12. The van der Waals surface area contributed by atoms with Crippen LogP contribution in [0, 0.1) is 0 Å². The molecule has 1 atom stereocenters. The van der Waals surface area contributed by atoms with E-state index >= 15 is 0 Å². The van der Waals surface area contributed by atoms with Gasteiger partial charge in [-0.2, -0.15) is 0 Å². The van der Waals surface area contributed by atoms with Crippen molar-refractivity contribution in [2.45, 2.75) is 32.4 Å². The lowest BCUT2D eigenvalue weighted by Crippen LogP contribution is -2.41. The first-order chi connectivity index (χ1) is 10.1. The van der Waals surface area contributed by atoms with E-state index < -0.39 is 6.04 Å². The van der Waals surface area contributed by atoms with Gasteiger partial charge in [-0.1, -0.05) is 19.1 Å². The molecule has 0 radical (unpaired) electrons. The van der Waals surface area contributed by atoms with Crippen LogP contribution in [0.25, 0.3) is 0 Å². The number of benzene rings is 1. The number of thiophene rings is 1. The van der Waals surface area contributed by atoms with Gasteiger partial charge in [0.2, 0.25) is 5.91 Å². The van der Waals surface area contributed by atoms with Crippen LogP contribution in [0.5, 0.6) is 5.75 Å². The average molecular weight is 304 g/mol. The minimum Gasteiger partial charge on any atom is -0.508 e. The van der Waals surface area contributed by atoms with Crippen molar-refractivity contribution in [1.29, 1.82) is 0 Å². The predicted molar refractivity (Wildman–Crippen MR) is 85.3 cm³/mol. The summed E-state index contributed by atoms with van der Waals surface area (Å²) >= 11 is 1.65. The maximum atomic E-state index is 12.0. The zero-order chi connectivity index (χ0) is 15.2. The minimum atomic E-state index is -0.584. The van der Waals surface area contributed by atoms with Crippen LogP contribution < -0.4 is 11.1 Å². The number of carbonyl (C=O) groups is 1. The lowest BCUT2D eigenvalue weighted by molar-refractivity contribution is -0.122. The normalized spacial score (nSPS) is 12.1. The molecule has 1 heterocycles. The molecule has 0 fully saturated rings. The standard InChI is InChI=1S/C16H20N2O2S/c1-2-12-7-8-21-15(12)10-18-16(20)14(17)9-11-3-5-13(19)6-4-11/h3-8,14,19H,2,9-10,17H2,1H3,(H,18,20). The van der Waals surface area contributed by atoms with E-state index in [1.165, 1.54) is 10.4 Å². The molecule has 21 heavy (non-hydrogen) atoms. The van der Waals surface area contributed by atoms with Gasteiger partial charge in [-0.25, -0.2) is 0 Å². The van der Waals surface area contributed by atoms with Crippen molar-refractivity contribution < 1.29 is 9.90 Å². The number of hydrogen-bond acceptors (Lipinski definition) is 4. The van der Waals surface area contributed by atoms with Crippen LogP contribution in [0.4, 0.5) is 0 Å². The third-order valence-electron chi connectivity index (χ3n) is 3.37. The van der Waals surface area contributed by atoms with Gasteiger partial charge < -0.3 is 16.2 Å². The maximum absolute atomic E-state index is 12.0. The van der Waals surface area contributed by atoms with Gasteiger partial charge in [-0.3, -0.25) is 4.79 Å². The molecule has 5 heteroatoms. The van der Waals surface area contributed by atoms with E-state index in [1.54, 1.807) is 35.6 Å². The highest BCUT2D eigenvalue weighted by Gasteiger charge is 2.14. The van der Waals surface area contributed by atoms with Crippen molar-refractivity contribution in [3.8, 4) is 5.75 Å². The van der Waals surface area contributed by atoms with Crippen LogP contribution >= 0.6 is 11.3 Å². The Morgan fingerprint density at radius 2 is 2.05 bits per heavy atom. The number of nitrogens with two attached hydrogens (primary N) is 1. The van der Waals surface area contributed by atoms with Gasteiger partial charge in [0.1, 0.15) is 5.75 Å². The van der Waals surface area contributed by atoms with Crippen molar-refractivity contribution in [1.82, 2.24) is 5.32 Å². The van der Waals surface area contributed by atoms with E-state index in [1.807, 2.05) is 5.38 Å². The summed E-state index contributed by atoms with van der Waals surface area (Å²) in [6.45, 7) is 2.63.